The molecule has 4 aliphatic rings. The van der Waals surface area contributed by atoms with Gasteiger partial charge in [0.15, 0.2) is 0 Å². The smallest absolute Gasteiger partial charge is 0.264 e. The lowest BCUT2D eigenvalue weighted by Gasteiger charge is -2.45. The molecule has 10 heteroatoms. The molecule has 2 N–H and O–H groups in total. The normalized spacial score (nSPS) is 32.3. The van der Waals surface area contributed by atoms with Gasteiger partial charge in [0, 0.05) is 42.8 Å². The maximum atomic E-state index is 13.6. The van der Waals surface area contributed by atoms with Crippen molar-refractivity contribution in [3.63, 3.8) is 0 Å². The third kappa shape index (κ3) is 6.13. The van der Waals surface area contributed by atoms with Gasteiger partial charge in [-0.05, 0) is 104 Å². The van der Waals surface area contributed by atoms with Crippen LogP contribution in [0.5, 0.6) is 5.75 Å². The van der Waals surface area contributed by atoms with Crippen LogP contribution >= 0.6 is 11.6 Å². The second kappa shape index (κ2) is 12.7. The Morgan fingerprint density at radius 2 is 2.05 bits per heavy atom. The standard InChI is InChI=1S/C34H43ClN2O6S/c1-22-5-3-7-30(38)27-11-8-25(27)19-37-20-34(15-4-6-23-17-26(35)10-12-28(23)34)21-43-31-13-9-24(18-29(31)37)33(39)36-44(40,41)32(22)14-16-42-2/h3,7,9-10,12-13,17-18,22,25,27,30,32,38H,4-6,8,11,14-16,19-21H2,1-2H3,(H,36,39)/b7-3+/t22-,25+,27-,30+,32-,34+/m1/s1. The third-order valence-electron chi connectivity index (χ3n) is 10.4. The molecule has 2 aromatic carbocycles. The van der Waals surface area contributed by atoms with Crippen molar-refractivity contribution in [3.8, 4) is 5.75 Å². The average Bonchev–Trinajstić information content (AvgIpc) is 3.11. The first kappa shape index (κ1) is 31.4. The fraction of sp³-hybridized carbons (Fsp3) is 0.559. The van der Waals surface area contributed by atoms with Gasteiger partial charge in [0.05, 0.1) is 23.6 Å². The Balaban J connectivity index is 1.41. The number of carbonyl (C=O) groups is 1. The van der Waals surface area contributed by atoms with Crippen LogP contribution in [0, 0.1) is 17.8 Å². The molecule has 8 nitrogen and oxygen atoms in total. The number of aryl methyl sites for hydroxylation is 1. The molecule has 44 heavy (non-hydrogen) atoms. The predicted octanol–water partition coefficient (Wildman–Crippen LogP) is 5.26. The van der Waals surface area contributed by atoms with E-state index in [-0.39, 0.29) is 41.8 Å². The average molecular weight is 643 g/mol. The van der Waals surface area contributed by atoms with E-state index in [0.717, 1.165) is 42.8 Å². The minimum atomic E-state index is -4.02. The van der Waals surface area contributed by atoms with Crippen molar-refractivity contribution in [2.75, 3.05) is 38.3 Å². The number of carbonyl (C=O) groups excluding carboxylic acids is 1. The molecular weight excluding hydrogens is 600 g/mol. The van der Waals surface area contributed by atoms with E-state index < -0.39 is 27.3 Å². The zero-order valence-electron chi connectivity index (χ0n) is 25.5. The third-order valence-corrected chi connectivity index (χ3v) is 12.6. The number of fused-ring (bicyclic) bond motifs is 4. The van der Waals surface area contributed by atoms with Gasteiger partial charge in [0.2, 0.25) is 10.0 Å². The predicted molar refractivity (Wildman–Crippen MR) is 172 cm³/mol. The van der Waals surface area contributed by atoms with Crippen LogP contribution in [-0.4, -0.2) is 64.2 Å². The van der Waals surface area contributed by atoms with Gasteiger partial charge in [-0.2, -0.15) is 0 Å². The van der Waals surface area contributed by atoms with Crippen LogP contribution in [-0.2, 0) is 26.6 Å². The molecule has 0 radical (unpaired) electrons. The number of aliphatic hydroxyl groups is 1. The number of anilines is 1. The van der Waals surface area contributed by atoms with Crippen molar-refractivity contribution in [1.29, 1.82) is 0 Å². The number of hydrogen-bond donors (Lipinski definition) is 2. The van der Waals surface area contributed by atoms with Crippen LogP contribution < -0.4 is 14.4 Å². The van der Waals surface area contributed by atoms with Gasteiger partial charge < -0.3 is 19.5 Å². The summed E-state index contributed by atoms with van der Waals surface area (Å²) in [5, 5.41) is 11.1. The number of rotatable bonds is 3. The Morgan fingerprint density at radius 3 is 2.82 bits per heavy atom. The van der Waals surface area contributed by atoms with Crippen molar-refractivity contribution in [2.24, 2.45) is 17.8 Å². The van der Waals surface area contributed by atoms with Gasteiger partial charge in [-0.1, -0.05) is 36.7 Å². The number of sulfonamides is 1. The van der Waals surface area contributed by atoms with E-state index in [1.54, 1.807) is 18.2 Å². The fourth-order valence-corrected chi connectivity index (χ4v) is 9.63. The Bertz CT molecular complexity index is 1530. The number of hydrogen-bond acceptors (Lipinski definition) is 7. The largest absolute Gasteiger partial charge is 0.490 e. The molecule has 0 unspecified atom stereocenters. The van der Waals surface area contributed by atoms with Gasteiger partial charge in [0.1, 0.15) is 5.75 Å². The number of allylic oxidation sites excluding steroid dienone is 1. The zero-order valence-corrected chi connectivity index (χ0v) is 27.1. The number of nitrogens with one attached hydrogen (secondary N) is 1. The summed E-state index contributed by atoms with van der Waals surface area (Å²) in [6, 6.07) is 11.4. The van der Waals surface area contributed by atoms with E-state index >= 15 is 0 Å². The van der Waals surface area contributed by atoms with Crippen LogP contribution in [0.2, 0.25) is 5.02 Å². The first-order valence-electron chi connectivity index (χ1n) is 15.8. The highest BCUT2D eigenvalue weighted by molar-refractivity contribution is 7.90. The van der Waals surface area contributed by atoms with E-state index in [4.69, 9.17) is 21.1 Å². The molecule has 6 atom stereocenters. The first-order chi connectivity index (χ1) is 21.1. The van der Waals surface area contributed by atoms with Gasteiger partial charge in [0.25, 0.3) is 5.91 Å². The molecule has 1 saturated carbocycles. The number of halogens is 1. The highest BCUT2D eigenvalue weighted by Crippen LogP contribution is 2.46. The Hall–Kier alpha value is -2.59. The minimum Gasteiger partial charge on any atom is -0.490 e. The van der Waals surface area contributed by atoms with Gasteiger partial charge in [-0.3, -0.25) is 4.79 Å². The van der Waals surface area contributed by atoms with E-state index in [1.165, 1.54) is 18.2 Å². The van der Waals surface area contributed by atoms with Gasteiger partial charge in [-0.25, -0.2) is 13.1 Å². The molecule has 2 aliphatic heterocycles. The molecule has 238 valence electrons. The summed E-state index contributed by atoms with van der Waals surface area (Å²) in [4.78, 5) is 15.9. The van der Waals surface area contributed by atoms with E-state index in [1.807, 2.05) is 25.1 Å². The topological polar surface area (TPSA) is 105 Å². The number of nitrogens with zero attached hydrogens (tertiary/aromatic N) is 1. The highest BCUT2D eigenvalue weighted by atomic mass is 35.5. The lowest BCUT2D eigenvalue weighted by molar-refractivity contribution is 0.0455. The first-order valence-corrected chi connectivity index (χ1v) is 17.7. The van der Waals surface area contributed by atoms with Gasteiger partial charge in [-0.15, -0.1) is 0 Å². The van der Waals surface area contributed by atoms with Crippen molar-refractivity contribution >= 4 is 33.2 Å². The molecule has 6 rings (SSSR count). The molecule has 2 aliphatic carbocycles. The summed E-state index contributed by atoms with van der Waals surface area (Å²) in [7, 11) is -2.49. The number of amides is 1. The van der Waals surface area contributed by atoms with E-state index in [2.05, 4.69) is 21.8 Å². The summed E-state index contributed by atoms with van der Waals surface area (Å²) in [5.74, 6) is 0.105. The van der Waals surface area contributed by atoms with Crippen molar-refractivity contribution in [1.82, 2.24) is 4.72 Å². The van der Waals surface area contributed by atoms with Crippen molar-refractivity contribution < 1.29 is 27.8 Å². The lowest BCUT2D eigenvalue weighted by atomic mass is 9.68. The number of benzene rings is 2. The molecule has 1 spiro atoms. The Kier molecular flexibility index (Phi) is 9.03. The molecular formula is C34H43ClN2O6S. The van der Waals surface area contributed by atoms with Crippen LogP contribution in [0.25, 0.3) is 0 Å². The second-order valence-corrected chi connectivity index (χ2v) is 15.6. The summed E-state index contributed by atoms with van der Waals surface area (Å²) < 4.78 is 41.3. The quantitative estimate of drug-likeness (QED) is 0.440. The van der Waals surface area contributed by atoms with Crippen molar-refractivity contribution in [3.05, 3.63) is 70.3 Å². The summed E-state index contributed by atoms with van der Waals surface area (Å²) in [6.45, 7) is 3.99. The lowest BCUT2D eigenvalue weighted by Crippen LogP contribution is -2.49. The highest BCUT2D eigenvalue weighted by Gasteiger charge is 2.44. The maximum absolute atomic E-state index is 13.6. The van der Waals surface area contributed by atoms with Crippen molar-refractivity contribution in [2.45, 2.75) is 68.6 Å². The molecule has 1 fully saturated rings. The maximum Gasteiger partial charge on any atom is 0.264 e. The molecule has 0 saturated heterocycles. The second-order valence-electron chi connectivity index (χ2n) is 13.2. The zero-order chi connectivity index (χ0) is 31.1. The summed E-state index contributed by atoms with van der Waals surface area (Å²) in [5.41, 5.74) is 3.27. The van der Waals surface area contributed by atoms with Crippen LogP contribution in [0.15, 0.2) is 48.6 Å². The molecule has 2 heterocycles. The number of ether oxygens (including phenoxy) is 2. The number of methoxy groups -OCH3 is 1. The molecule has 1 amide bonds. The van der Waals surface area contributed by atoms with Crippen LogP contribution in [0.3, 0.4) is 0 Å². The Morgan fingerprint density at radius 1 is 1.20 bits per heavy atom. The molecule has 0 aromatic heterocycles. The fourth-order valence-electron chi connectivity index (χ4n) is 7.78. The number of aliphatic hydroxyl groups excluding tert-OH is 1. The van der Waals surface area contributed by atoms with E-state index in [9.17, 15) is 18.3 Å². The van der Waals surface area contributed by atoms with E-state index in [0.29, 0.717) is 31.9 Å². The van der Waals surface area contributed by atoms with Gasteiger partial charge >= 0.3 is 0 Å². The SMILES string of the molecule is COCC[C@@H]1[C@H](C)C/C=C/[C@H](O)[C@@H]2CC[C@H]2CN2C[C@@]3(CCCc4cc(Cl)ccc43)COc3ccc(cc32)C(=O)NS1(=O)=O. The molecule has 2 aromatic rings. The minimum absolute atomic E-state index is 0.106. The van der Waals surface area contributed by atoms with Crippen LogP contribution in [0.4, 0.5) is 5.69 Å². The monoisotopic (exact) mass is 642 g/mol. The van der Waals surface area contributed by atoms with Crippen LogP contribution in [0.1, 0.15) is 66.9 Å². The summed E-state index contributed by atoms with van der Waals surface area (Å²) in [6.07, 6.45) is 8.72. The Labute approximate surface area is 265 Å². The molecule has 2 bridgehead atoms. The summed E-state index contributed by atoms with van der Waals surface area (Å²) >= 11 is 6.40.